The van der Waals surface area contributed by atoms with Crippen molar-refractivity contribution in [1.82, 2.24) is 20.1 Å². The molecule has 7 heteroatoms. The molecular weight excluding hydrogens is 296 g/mol. The van der Waals surface area contributed by atoms with Gasteiger partial charge in [-0.15, -0.1) is 0 Å². The van der Waals surface area contributed by atoms with Crippen LogP contribution in [0, 0.1) is 13.8 Å². The van der Waals surface area contributed by atoms with E-state index in [0.29, 0.717) is 28.1 Å². The molecule has 1 atom stereocenters. The van der Waals surface area contributed by atoms with Gasteiger partial charge in [-0.3, -0.25) is 19.4 Å². The highest BCUT2D eigenvalue weighted by atomic mass is 16.3. The van der Waals surface area contributed by atoms with E-state index in [-0.39, 0.29) is 17.5 Å². The van der Waals surface area contributed by atoms with Crippen molar-refractivity contribution >= 4 is 16.9 Å². The second kappa shape index (κ2) is 5.42. The summed E-state index contributed by atoms with van der Waals surface area (Å²) < 4.78 is 7.04. The van der Waals surface area contributed by atoms with E-state index < -0.39 is 0 Å². The van der Waals surface area contributed by atoms with Gasteiger partial charge in [-0.05, 0) is 39.0 Å². The van der Waals surface area contributed by atoms with E-state index in [9.17, 15) is 9.59 Å². The quantitative estimate of drug-likeness (QED) is 0.773. The van der Waals surface area contributed by atoms with Gasteiger partial charge in [-0.1, -0.05) is 0 Å². The Morgan fingerprint density at radius 1 is 1.39 bits per heavy atom. The minimum absolute atomic E-state index is 0.290. The van der Waals surface area contributed by atoms with Crippen LogP contribution in [0.2, 0.25) is 0 Å². The number of nitrogens with zero attached hydrogens (tertiary/aromatic N) is 2. The summed E-state index contributed by atoms with van der Waals surface area (Å²) in [5.74, 6) is 1.11. The second-order valence-corrected chi connectivity index (χ2v) is 5.65. The van der Waals surface area contributed by atoms with Crippen molar-refractivity contribution in [3.63, 3.8) is 0 Å². The summed E-state index contributed by atoms with van der Waals surface area (Å²) in [5, 5.41) is 5.78. The van der Waals surface area contributed by atoms with Gasteiger partial charge in [0.1, 0.15) is 11.5 Å². The molecule has 3 aromatic rings. The van der Waals surface area contributed by atoms with Gasteiger partial charge >= 0.3 is 0 Å². The zero-order chi connectivity index (χ0) is 16.7. The number of carbonyl (C=O) groups is 1. The summed E-state index contributed by atoms with van der Waals surface area (Å²) in [4.78, 5) is 29.0. The lowest BCUT2D eigenvalue weighted by molar-refractivity contribution is 0.0936. The molecule has 0 aliphatic rings. The summed E-state index contributed by atoms with van der Waals surface area (Å²) >= 11 is 0. The molecule has 0 unspecified atom stereocenters. The van der Waals surface area contributed by atoms with Crippen LogP contribution in [0.15, 0.2) is 27.4 Å². The number of hydrogen-bond acceptors (Lipinski definition) is 4. The van der Waals surface area contributed by atoms with Gasteiger partial charge in [0.15, 0.2) is 5.65 Å². The number of aromatic amines is 1. The van der Waals surface area contributed by atoms with Crippen molar-refractivity contribution in [2.45, 2.75) is 26.8 Å². The van der Waals surface area contributed by atoms with Crippen LogP contribution in [-0.4, -0.2) is 20.7 Å². The van der Waals surface area contributed by atoms with Gasteiger partial charge in [-0.2, -0.15) is 0 Å². The molecule has 0 aliphatic carbocycles. The first-order chi connectivity index (χ1) is 10.9. The molecule has 0 bridgehead atoms. The van der Waals surface area contributed by atoms with Crippen molar-refractivity contribution in [2.24, 2.45) is 7.05 Å². The van der Waals surface area contributed by atoms with Crippen LogP contribution in [0.25, 0.3) is 11.0 Å². The number of carbonyl (C=O) groups excluding carboxylic acids is 1. The van der Waals surface area contributed by atoms with Gasteiger partial charge in [0, 0.05) is 12.7 Å². The van der Waals surface area contributed by atoms with E-state index in [1.807, 2.05) is 26.0 Å². The molecule has 0 spiro atoms. The summed E-state index contributed by atoms with van der Waals surface area (Å²) in [7, 11) is 1.69. The van der Waals surface area contributed by atoms with Crippen molar-refractivity contribution in [3.8, 4) is 0 Å². The van der Waals surface area contributed by atoms with Crippen molar-refractivity contribution in [1.29, 1.82) is 0 Å². The average molecular weight is 314 g/mol. The van der Waals surface area contributed by atoms with Crippen molar-refractivity contribution < 1.29 is 9.21 Å². The molecule has 7 nitrogen and oxygen atoms in total. The fraction of sp³-hybridized carbons (Fsp3) is 0.312. The number of rotatable bonds is 3. The summed E-state index contributed by atoms with van der Waals surface area (Å²) in [6.07, 6.45) is 0. The van der Waals surface area contributed by atoms with E-state index in [1.165, 1.54) is 4.68 Å². The highest BCUT2D eigenvalue weighted by Gasteiger charge is 2.20. The number of hydrogen-bond donors (Lipinski definition) is 2. The molecule has 0 saturated heterocycles. The molecule has 3 aromatic heterocycles. The Kier molecular flexibility index (Phi) is 3.55. The number of aryl methyl sites for hydroxylation is 3. The van der Waals surface area contributed by atoms with Crippen LogP contribution < -0.4 is 10.9 Å². The molecule has 3 heterocycles. The third kappa shape index (κ3) is 2.65. The number of pyridine rings is 1. The third-order valence-electron chi connectivity index (χ3n) is 3.72. The summed E-state index contributed by atoms with van der Waals surface area (Å²) in [6, 6.07) is 4.98. The van der Waals surface area contributed by atoms with E-state index >= 15 is 0 Å². The zero-order valence-electron chi connectivity index (χ0n) is 13.4. The lowest BCUT2D eigenvalue weighted by Crippen LogP contribution is -2.27. The number of furan rings is 1. The van der Waals surface area contributed by atoms with Crippen LogP contribution in [-0.2, 0) is 7.05 Å². The Balaban J connectivity index is 1.99. The zero-order valence-corrected chi connectivity index (χ0v) is 13.4. The number of amides is 1. The molecule has 0 aliphatic heterocycles. The van der Waals surface area contributed by atoms with Crippen LogP contribution in [0.5, 0.6) is 0 Å². The molecule has 120 valence electrons. The first-order valence-corrected chi connectivity index (χ1v) is 7.30. The number of nitrogens with one attached hydrogen (secondary N) is 2. The maximum Gasteiger partial charge on any atom is 0.274 e. The third-order valence-corrected chi connectivity index (χ3v) is 3.72. The molecule has 0 aromatic carbocycles. The van der Waals surface area contributed by atoms with Crippen molar-refractivity contribution in [2.75, 3.05) is 0 Å². The average Bonchev–Trinajstić information content (AvgIpc) is 3.03. The van der Waals surface area contributed by atoms with Gasteiger partial charge in [-0.25, -0.2) is 4.98 Å². The Morgan fingerprint density at radius 2 is 2.13 bits per heavy atom. The Morgan fingerprint density at radius 3 is 2.78 bits per heavy atom. The number of aromatic nitrogens is 3. The molecule has 23 heavy (non-hydrogen) atoms. The molecule has 0 radical (unpaired) electrons. The van der Waals surface area contributed by atoms with Gasteiger partial charge < -0.3 is 9.73 Å². The van der Waals surface area contributed by atoms with Gasteiger partial charge in [0.25, 0.3) is 11.5 Å². The monoisotopic (exact) mass is 314 g/mol. The largest absolute Gasteiger partial charge is 0.464 e. The lowest BCUT2D eigenvalue weighted by Gasteiger charge is -2.12. The van der Waals surface area contributed by atoms with Crippen LogP contribution >= 0.6 is 0 Å². The molecule has 0 fully saturated rings. The molecular formula is C16H18N4O3. The maximum atomic E-state index is 12.6. The fourth-order valence-corrected chi connectivity index (χ4v) is 2.60. The summed E-state index contributed by atoms with van der Waals surface area (Å²) in [6.45, 7) is 5.46. The highest BCUT2D eigenvalue weighted by Crippen LogP contribution is 2.18. The number of H-pyrrole nitrogens is 1. The number of fused-ring (bicyclic) bond motifs is 1. The smallest absolute Gasteiger partial charge is 0.274 e. The maximum absolute atomic E-state index is 12.6. The SMILES string of the molecule is Cc1cc(C(=O)N[C@@H](C)c2ccc(C)o2)c2c(=O)[nH]n(C)c2n1. The van der Waals surface area contributed by atoms with Crippen LogP contribution in [0.4, 0.5) is 0 Å². The molecule has 2 N–H and O–H groups in total. The van der Waals surface area contributed by atoms with Crippen LogP contribution in [0.3, 0.4) is 0 Å². The second-order valence-electron chi connectivity index (χ2n) is 5.65. The van der Waals surface area contributed by atoms with E-state index in [2.05, 4.69) is 15.4 Å². The van der Waals surface area contributed by atoms with E-state index in [0.717, 1.165) is 5.76 Å². The first-order valence-electron chi connectivity index (χ1n) is 7.30. The van der Waals surface area contributed by atoms with Gasteiger partial charge in [0.2, 0.25) is 0 Å². The summed E-state index contributed by atoms with van der Waals surface area (Å²) in [5.41, 5.74) is 1.10. The Bertz CT molecular complexity index is 948. The van der Waals surface area contributed by atoms with Crippen molar-refractivity contribution in [3.05, 3.63) is 51.3 Å². The molecule has 0 saturated carbocycles. The Hall–Kier alpha value is -2.83. The Labute approximate surface area is 132 Å². The highest BCUT2D eigenvalue weighted by molar-refractivity contribution is 6.05. The molecule has 1 amide bonds. The van der Waals surface area contributed by atoms with E-state index in [4.69, 9.17) is 4.42 Å². The van der Waals surface area contributed by atoms with Crippen LogP contribution in [0.1, 0.15) is 40.5 Å². The normalized spacial score (nSPS) is 12.5. The predicted octanol–water partition coefficient (Wildman–Crippen LogP) is 1.96. The first kappa shape index (κ1) is 15.1. The minimum Gasteiger partial charge on any atom is -0.464 e. The topological polar surface area (TPSA) is 92.9 Å². The lowest BCUT2D eigenvalue weighted by atomic mass is 10.1. The fourth-order valence-electron chi connectivity index (χ4n) is 2.60. The van der Waals surface area contributed by atoms with E-state index in [1.54, 1.807) is 20.0 Å². The minimum atomic E-state index is -0.334. The standard InChI is InChI=1S/C16H18N4O3/c1-8-7-11(13-14(17-8)20(4)19-16(13)22)15(21)18-10(3)12-6-5-9(2)23-12/h5-7,10H,1-4H3,(H,18,21)(H,19,22)/t10-/m0/s1. The predicted molar refractivity (Wildman–Crippen MR) is 85.4 cm³/mol. The van der Waals surface area contributed by atoms with Gasteiger partial charge in [0.05, 0.1) is 17.0 Å². The molecule has 3 rings (SSSR count).